The summed E-state index contributed by atoms with van der Waals surface area (Å²) in [6.45, 7) is 0. The lowest BCUT2D eigenvalue weighted by atomic mass is 9.94. The van der Waals surface area contributed by atoms with Crippen molar-refractivity contribution in [3.05, 3.63) is 200 Å². The molecule has 57 heavy (non-hydrogen) atoms. The van der Waals surface area contributed by atoms with Gasteiger partial charge in [-0.1, -0.05) is 133 Å². The zero-order valence-electron chi connectivity index (χ0n) is 30.9. The molecule has 0 aliphatic heterocycles. The van der Waals surface area contributed by atoms with Gasteiger partial charge in [0, 0.05) is 49.4 Å². The van der Waals surface area contributed by atoms with Gasteiger partial charge in [0.2, 0.25) is 0 Å². The zero-order chi connectivity index (χ0) is 37.2. The Morgan fingerprint density at radius 2 is 0.614 bits per heavy atom. The first-order chi connectivity index (χ1) is 28.3. The number of nitrogens with zero attached hydrogens (tertiary/aromatic N) is 3. The highest BCUT2D eigenvalue weighted by molar-refractivity contribution is 6.28. The van der Waals surface area contributed by atoms with E-state index in [1.54, 1.807) is 0 Å². The van der Waals surface area contributed by atoms with Crippen molar-refractivity contribution in [2.45, 2.75) is 0 Å². The first-order valence-electron chi connectivity index (χ1n) is 19.7. The molecule has 0 bridgehead atoms. The first kappa shape index (κ1) is 30.7. The van der Waals surface area contributed by atoms with Gasteiger partial charge in [0.15, 0.2) is 0 Å². The van der Waals surface area contributed by atoms with Gasteiger partial charge in [-0.3, -0.25) is 0 Å². The standard InChI is InChI=1S/C54H33N3/c1-2-14-34(15-3-1)55-48-23-11-9-21-43(48)47-33-35(27-30-51(47)55)56-50-25-13-10-22-45(50)53-52(56)31-29-44-42-20-8-12-24-49(42)57(54(44)53)36-26-28-41-39-18-5-4-16-37(39)38-17-6-7-19-40(38)46(41)32-36/h1-33H. The maximum Gasteiger partial charge on any atom is 0.0641 e. The summed E-state index contributed by atoms with van der Waals surface area (Å²) in [7, 11) is 0. The van der Waals surface area contributed by atoms with Crippen molar-refractivity contribution in [2.75, 3.05) is 0 Å². The van der Waals surface area contributed by atoms with E-state index >= 15 is 0 Å². The molecular formula is C54H33N3. The minimum atomic E-state index is 1.15. The second kappa shape index (κ2) is 11.5. The van der Waals surface area contributed by atoms with E-state index < -0.39 is 0 Å². The van der Waals surface area contributed by atoms with Crippen LogP contribution in [0.3, 0.4) is 0 Å². The molecule has 0 saturated heterocycles. The van der Waals surface area contributed by atoms with E-state index in [4.69, 9.17) is 0 Å². The largest absolute Gasteiger partial charge is 0.309 e. The summed E-state index contributed by atoms with van der Waals surface area (Å²) in [5.74, 6) is 0. The van der Waals surface area contributed by atoms with Gasteiger partial charge in [0.1, 0.15) is 0 Å². The van der Waals surface area contributed by atoms with Gasteiger partial charge in [0.25, 0.3) is 0 Å². The van der Waals surface area contributed by atoms with E-state index in [9.17, 15) is 0 Å². The summed E-state index contributed by atoms with van der Waals surface area (Å²) in [5, 5.41) is 15.2. The molecule has 0 aliphatic rings. The Labute approximate surface area is 327 Å². The average molecular weight is 724 g/mol. The molecule has 10 aromatic carbocycles. The van der Waals surface area contributed by atoms with Crippen LogP contribution in [-0.2, 0) is 0 Å². The second-order valence-corrected chi connectivity index (χ2v) is 15.3. The Balaban J connectivity index is 1.13. The smallest absolute Gasteiger partial charge is 0.0641 e. The molecule has 0 saturated carbocycles. The Bertz CT molecular complexity index is 3770. The molecule has 3 heteroatoms. The fourth-order valence-electron chi connectivity index (χ4n) is 10.0. The monoisotopic (exact) mass is 723 g/mol. The van der Waals surface area contributed by atoms with Gasteiger partial charge in [-0.2, -0.15) is 0 Å². The van der Waals surface area contributed by atoms with Gasteiger partial charge in [-0.05, 0) is 99.0 Å². The van der Waals surface area contributed by atoms with Crippen LogP contribution in [0.15, 0.2) is 200 Å². The van der Waals surface area contributed by atoms with Crippen LogP contribution in [-0.4, -0.2) is 13.7 Å². The molecule has 13 rings (SSSR count). The van der Waals surface area contributed by atoms with Crippen LogP contribution in [0.5, 0.6) is 0 Å². The summed E-state index contributed by atoms with van der Waals surface area (Å²) in [6.07, 6.45) is 0. The molecule has 0 fully saturated rings. The summed E-state index contributed by atoms with van der Waals surface area (Å²) in [6, 6.07) is 73.7. The second-order valence-electron chi connectivity index (χ2n) is 15.3. The van der Waals surface area contributed by atoms with Crippen LogP contribution in [0.1, 0.15) is 0 Å². The predicted octanol–water partition coefficient (Wildman–Crippen LogP) is 14.4. The highest BCUT2D eigenvalue weighted by atomic mass is 15.0. The molecule has 3 aromatic heterocycles. The first-order valence-corrected chi connectivity index (χ1v) is 19.7. The van der Waals surface area contributed by atoms with Crippen LogP contribution < -0.4 is 0 Å². The zero-order valence-corrected chi connectivity index (χ0v) is 30.9. The molecule has 0 N–H and O–H groups in total. The molecule has 0 aliphatic carbocycles. The van der Waals surface area contributed by atoms with Crippen molar-refractivity contribution in [1.29, 1.82) is 0 Å². The van der Waals surface area contributed by atoms with Crippen molar-refractivity contribution < 1.29 is 0 Å². The molecule has 0 atom stereocenters. The Morgan fingerprint density at radius 3 is 1.30 bits per heavy atom. The molecular weight excluding hydrogens is 691 g/mol. The molecule has 3 heterocycles. The van der Waals surface area contributed by atoms with E-state index in [1.807, 2.05) is 0 Å². The van der Waals surface area contributed by atoms with Gasteiger partial charge in [-0.15, -0.1) is 0 Å². The molecule has 0 radical (unpaired) electrons. The van der Waals surface area contributed by atoms with Crippen molar-refractivity contribution in [3.8, 4) is 17.1 Å². The Morgan fingerprint density at radius 1 is 0.211 bits per heavy atom. The Kier molecular flexibility index (Phi) is 6.16. The summed E-state index contributed by atoms with van der Waals surface area (Å²) in [5.41, 5.74) is 10.7. The topological polar surface area (TPSA) is 14.8 Å². The van der Waals surface area contributed by atoms with Crippen molar-refractivity contribution in [2.24, 2.45) is 0 Å². The number of fused-ring (bicyclic) bond motifs is 16. The molecule has 13 aromatic rings. The lowest BCUT2D eigenvalue weighted by Gasteiger charge is -2.14. The number of hydrogen-bond acceptors (Lipinski definition) is 0. The third-order valence-electron chi connectivity index (χ3n) is 12.4. The van der Waals surface area contributed by atoms with Gasteiger partial charge in [0.05, 0.1) is 33.1 Å². The number of para-hydroxylation sites is 4. The number of aromatic nitrogens is 3. The lowest BCUT2D eigenvalue weighted by Crippen LogP contribution is -1.96. The van der Waals surface area contributed by atoms with Crippen LogP contribution in [0, 0.1) is 0 Å². The minimum absolute atomic E-state index is 1.15. The molecule has 0 unspecified atom stereocenters. The molecule has 0 spiro atoms. The summed E-state index contributed by atoms with van der Waals surface area (Å²) >= 11 is 0. The fourth-order valence-corrected chi connectivity index (χ4v) is 10.0. The quantitative estimate of drug-likeness (QED) is 0.161. The summed E-state index contributed by atoms with van der Waals surface area (Å²) in [4.78, 5) is 0. The SMILES string of the molecule is c1ccc(-n2c3ccccc3c3cc(-n4c5ccccc5c5c4ccc4c6ccccc6n(-c6ccc7c8ccccc8c8ccccc8c7c6)c45)ccc32)cc1. The predicted molar refractivity (Wildman–Crippen MR) is 242 cm³/mol. The number of rotatable bonds is 3. The summed E-state index contributed by atoms with van der Waals surface area (Å²) < 4.78 is 7.38. The van der Waals surface area contributed by atoms with E-state index in [-0.39, 0.29) is 0 Å². The van der Waals surface area contributed by atoms with Gasteiger partial charge >= 0.3 is 0 Å². The van der Waals surface area contributed by atoms with E-state index in [1.165, 1.54) is 103 Å². The van der Waals surface area contributed by atoms with Crippen molar-refractivity contribution in [1.82, 2.24) is 13.7 Å². The molecule has 264 valence electrons. The van der Waals surface area contributed by atoms with Crippen LogP contribution >= 0.6 is 0 Å². The minimum Gasteiger partial charge on any atom is -0.309 e. The number of benzene rings is 10. The van der Waals surface area contributed by atoms with Crippen LogP contribution in [0.2, 0.25) is 0 Å². The third-order valence-corrected chi connectivity index (χ3v) is 12.4. The maximum absolute atomic E-state index is 2.52. The van der Waals surface area contributed by atoms with E-state index in [0.29, 0.717) is 0 Å². The van der Waals surface area contributed by atoms with Crippen molar-refractivity contribution in [3.63, 3.8) is 0 Å². The molecule has 3 nitrogen and oxygen atoms in total. The highest BCUT2D eigenvalue weighted by Gasteiger charge is 2.22. The van der Waals surface area contributed by atoms with Gasteiger partial charge < -0.3 is 13.7 Å². The highest BCUT2D eigenvalue weighted by Crippen LogP contribution is 2.44. The van der Waals surface area contributed by atoms with E-state index in [2.05, 4.69) is 214 Å². The average Bonchev–Trinajstić information content (AvgIpc) is 3.92. The number of hydrogen-bond donors (Lipinski definition) is 0. The fraction of sp³-hybridized carbons (Fsp3) is 0. The van der Waals surface area contributed by atoms with Crippen LogP contribution in [0.4, 0.5) is 0 Å². The molecule has 0 amide bonds. The maximum atomic E-state index is 2.52. The van der Waals surface area contributed by atoms with Crippen molar-refractivity contribution >= 4 is 97.7 Å². The normalized spacial score (nSPS) is 12.2. The third kappa shape index (κ3) is 4.15. The lowest BCUT2D eigenvalue weighted by molar-refractivity contribution is 1.16. The Hall–Kier alpha value is -7.62. The van der Waals surface area contributed by atoms with Gasteiger partial charge in [-0.25, -0.2) is 0 Å². The van der Waals surface area contributed by atoms with E-state index in [0.717, 1.165) is 11.4 Å². The van der Waals surface area contributed by atoms with Crippen LogP contribution in [0.25, 0.3) is 115 Å².